The Kier molecular flexibility index (Phi) is 5.05. The summed E-state index contributed by atoms with van der Waals surface area (Å²) >= 11 is 0. The van der Waals surface area contributed by atoms with Crippen molar-refractivity contribution in [1.82, 2.24) is 14.7 Å². The van der Waals surface area contributed by atoms with Gasteiger partial charge in [0.1, 0.15) is 5.75 Å². The molecule has 1 N–H and O–H groups in total. The largest absolute Gasteiger partial charge is 0.484 e. The number of carbonyl (C=O) groups is 2. The molecule has 7 nitrogen and oxygen atoms in total. The zero-order valence-corrected chi connectivity index (χ0v) is 15.2. The third-order valence-electron chi connectivity index (χ3n) is 4.52. The van der Waals surface area contributed by atoms with Crippen LogP contribution < -0.4 is 10.1 Å². The van der Waals surface area contributed by atoms with E-state index in [-0.39, 0.29) is 18.4 Å². The lowest BCUT2D eigenvalue weighted by molar-refractivity contribution is -0.134. The van der Waals surface area contributed by atoms with Crippen LogP contribution in [0.3, 0.4) is 0 Å². The van der Waals surface area contributed by atoms with E-state index in [1.54, 1.807) is 15.6 Å². The standard InChI is InChI=1S/C21H20N4O3/c26-20(15-28-18-9-5-2-6-10-18)24-11-12-25-17(14-24)13-19(23-25)21(27)22-16-7-3-1-4-8-16/h1-10,13H,11-12,14-15H2,(H,22,27). The van der Waals surface area contributed by atoms with Gasteiger partial charge in [0.2, 0.25) is 0 Å². The summed E-state index contributed by atoms with van der Waals surface area (Å²) in [7, 11) is 0. The molecule has 0 saturated carbocycles. The fraction of sp³-hybridized carbons (Fsp3) is 0.190. The molecule has 0 fully saturated rings. The molecule has 28 heavy (non-hydrogen) atoms. The van der Waals surface area contributed by atoms with E-state index in [1.807, 2.05) is 60.7 Å². The minimum Gasteiger partial charge on any atom is -0.484 e. The lowest BCUT2D eigenvalue weighted by Gasteiger charge is -2.27. The number of para-hydroxylation sites is 2. The van der Waals surface area contributed by atoms with Gasteiger partial charge in [-0.1, -0.05) is 36.4 Å². The molecular weight excluding hydrogens is 356 g/mol. The van der Waals surface area contributed by atoms with E-state index in [9.17, 15) is 9.59 Å². The lowest BCUT2D eigenvalue weighted by Crippen LogP contribution is -2.40. The van der Waals surface area contributed by atoms with Gasteiger partial charge in [0.25, 0.3) is 11.8 Å². The molecule has 0 bridgehead atoms. The minimum absolute atomic E-state index is 0.0144. The number of rotatable bonds is 5. The third kappa shape index (κ3) is 4.03. The maximum Gasteiger partial charge on any atom is 0.276 e. The number of carbonyl (C=O) groups excluding carboxylic acids is 2. The number of ether oxygens (including phenoxy) is 1. The Morgan fingerprint density at radius 1 is 1.00 bits per heavy atom. The first kappa shape index (κ1) is 17.8. The second-order valence-corrected chi connectivity index (χ2v) is 6.48. The predicted octanol–water partition coefficient (Wildman–Crippen LogP) is 2.56. The molecule has 0 aliphatic carbocycles. The zero-order chi connectivity index (χ0) is 19.3. The van der Waals surface area contributed by atoms with E-state index in [0.717, 1.165) is 5.69 Å². The van der Waals surface area contributed by atoms with Gasteiger partial charge in [-0.3, -0.25) is 14.3 Å². The van der Waals surface area contributed by atoms with Crippen LogP contribution in [0, 0.1) is 0 Å². The number of hydrogen-bond acceptors (Lipinski definition) is 4. The number of aromatic nitrogens is 2. The van der Waals surface area contributed by atoms with Crippen LogP contribution in [0.1, 0.15) is 16.2 Å². The second kappa shape index (κ2) is 7.96. The first-order valence-electron chi connectivity index (χ1n) is 9.08. The van der Waals surface area contributed by atoms with Crippen LogP contribution >= 0.6 is 0 Å². The first-order chi connectivity index (χ1) is 13.7. The maximum absolute atomic E-state index is 12.5. The zero-order valence-electron chi connectivity index (χ0n) is 15.2. The first-order valence-corrected chi connectivity index (χ1v) is 9.08. The SMILES string of the molecule is O=C(Nc1ccccc1)c1cc2n(n1)CCN(C(=O)COc1ccccc1)C2. The summed E-state index contributed by atoms with van der Waals surface area (Å²) in [6.45, 7) is 1.47. The smallest absolute Gasteiger partial charge is 0.276 e. The number of nitrogens with one attached hydrogen (secondary N) is 1. The van der Waals surface area contributed by atoms with Crippen LogP contribution in [0.4, 0.5) is 5.69 Å². The van der Waals surface area contributed by atoms with Crippen LogP contribution in [-0.2, 0) is 17.9 Å². The van der Waals surface area contributed by atoms with E-state index < -0.39 is 0 Å². The van der Waals surface area contributed by atoms with Crippen molar-refractivity contribution in [2.24, 2.45) is 0 Å². The molecule has 2 aromatic carbocycles. The van der Waals surface area contributed by atoms with Crippen molar-refractivity contribution >= 4 is 17.5 Å². The summed E-state index contributed by atoms with van der Waals surface area (Å²) < 4.78 is 7.32. The molecule has 1 aliphatic rings. The van der Waals surface area contributed by atoms with Crippen molar-refractivity contribution in [2.75, 3.05) is 18.5 Å². The molecule has 2 heterocycles. The van der Waals surface area contributed by atoms with E-state index in [1.165, 1.54) is 0 Å². The molecule has 2 amide bonds. The van der Waals surface area contributed by atoms with E-state index in [0.29, 0.717) is 36.8 Å². The monoisotopic (exact) mass is 376 g/mol. The van der Waals surface area contributed by atoms with Gasteiger partial charge in [0, 0.05) is 12.2 Å². The third-order valence-corrected chi connectivity index (χ3v) is 4.52. The average Bonchev–Trinajstić information content (AvgIpc) is 3.17. The lowest BCUT2D eigenvalue weighted by atomic mass is 10.2. The Labute approximate surface area is 162 Å². The number of hydrogen-bond donors (Lipinski definition) is 1. The molecule has 0 spiro atoms. The highest BCUT2D eigenvalue weighted by Gasteiger charge is 2.24. The van der Waals surface area contributed by atoms with Gasteiger partial charge in [-0.15, -0.1) is 0 Å². The highest BCUT2D eigenvalue weighted by molar-refractivity contribution is 6.02. The Morgan fingerprint density at radius 2 is 1.71 bits per heavy atom. The van der Waals surface area contributed by atoms with E-state index >= 15 is 0 Å². The Balaban J connectivity index is 1.37. The molecule has 4 rings (SSSR count). The van der Waals surface area contributed by atoms with Gasteiger partial charge >= 0.3 is 0 Å². The van der Waals surface area contributed by atoms with Crippen molar-refractivity contribution in [1.29, 1.82) is 0 Å². The van der Waals surface area contributed by atoms with Crippen LogP contribution in [0.15, 0.2) is 66.7 Å². The number of benzene rings is 2. The van der Waals surface area contributed by atoms with Crippen LogP contribution in [0.25, 0.3) is 0 Å². The predicted molar refractivity (Wildman–Crippen MR) is 104 cm³/mol. The van der Waals surface area contributed by atoms with Crippen molar-refractivity contribution in [2.45, 2.75) is 13.1 Å². The summed E-state index contributed by atoms with van der Waals surface area (Å²) in [4.78, 5) is 26.6. The average molecular weight is 376 g/mol. The number of nitrogens with zero attached hydrogens (tertiary/aromatic N) is 3. The van der Waals surface area contributed by atoms with Gasteiger partial charge in [0.15, 0.2) is 12.3 Å². The van der Waals surface area contributed by atoms with Gasteiger partial charge in [-0.25, -0.2) is 0 Å². The molecule has 142 valence electrons. The highest BCUT2D eigenvalue weighted by Crippen LogP contribution is 2.16. The number of anilines is 1. The fourth-order valence-corrected chi connectivity index (χ4v) is 3.06. The fourth-order valence-electron chi connectivity index (χ4n) is 3.06. The number of amides is 2. The molecule has 0 atom stereocenters. The van der Waals surface area contributed by atoms with Gasteiger partial charge < -0.3 is 15.0 Å². The molecule has 0 saturated heterocycles. The number of fused-ring (bicyclic) bond motifs is 1. The topological polar surface area (TPSA) is 76.5 Å². The molecule has 1 aliphatic heterocycles. The molecule has 1 aromatic heterocycles. The summed E-state index contributed by atoms with van der Waals surface area (Å²) in [5, 5.41) is 7.19. The van der Waals surface area contributed by atoms with Crippen molar-refractivity contribution in [3.8, 4) is 5.75 Å². The maximum atomic E-state index is 12.5. The van der Waals surface area contributed by atoms with Gasteiger partial charge in [-0.05, 0) is 30.3 Å². The Hall–Kier alpha value is -3.61. The molecule has 7 heteroatoms. The summed E-state index contributed by atoms with van der Waals surface area (Å²) in [6, 6.07) is 20.2. The van der Waals surface area contributed by atoms with Gasteiger partial charge in [-0.2, -0.15) is 5.10 Å². The van der Waals surface area contributed by atoms with E-state index in [2.05, 4.69) is 10.4 Å². The molecule has 3 aromatic rings. The van der Waals surface area contributed by atoms with Crippen LogP contribution in [0.2, 0.25) is 0 Å². The Morgan fingerprint density at radius 3 is 2.46 bits per heavy atom. The minimum atomic E-state index is -0.265. The molecular formula is C21H20N4O3. The molecule has 0 unspecified atom stereocenters. The van der Waals surface area contributed by atoms with Crippen LogP contribution in [0.5, 0.6) is 5.75 Å². The van der Waals surface area contributed by atoms with Crippen molar-refractivity contribution in [3.05, 3.63) is 78.1 Å². The van der Waals surface area contributed by atoms with Crippen LogP contribution in [-0.4, -0.2) is 39.6 Å². The second-order valence-electron chi connectivity index (χ2n) is 6.48. The van der Waals surface area contributed by atoms with Gasteiger partial charge in [0.05, 0.1) is 18.8 Å². The molecule has 0 radical (unpaired) electrons. The quantitative estimate of drug-likeness (QED) is 0.743. The Bertz CT molecular complexity index is 970. The van der Waals surface area contributed by atoms with Crippen molar-refractivity contribution in [3.63, 3.8) is 0 Å². The summed E-state index contributed by atoms with van der Waals surface area (Å²) in [5.74, 6) is 0.308. The highest BCUT2D eigenvalue weighted by atomic mass is 16.5. The normalized spacial score (nSPS) is 12.9. The van der Waals surface area contributed by atoms with E-state index in [4.69, 9.17) is 4.74 Å². The van der Waals surface area contributed by atoms with Crippen molar-refractivity contribution < 1.29 is 14.3 Å². The summed E-state index contributed by atoms with van der Waals surface area (Å²) in [6.07, 6.45) is 0. The summed E-state index contributed by atoms with van der Waals surface area (Å²) in [5.41, 5.74) is 1.89.